The van der Waals surface area contributed by atoms with Crippen LogP contribution in [0.25, 0.3) is 0 Å². The van der Waals surface area contributed by atoms with Gasteiger partial charge in [0.1, 0.15) is 0 Å². The second kappa shape index (κ2) is 8.35. The second-order valence-electron chi connectivity index (χ2n) is 5.44. The molecule has 0 radical (unpaired) electrons. The third-order valence-electron chi connectivity index (χ3n) is 3.96. The lowest BCUT2D eigenvalue weighted by Gasteiger charge is -2.37. The van der Waals surface area contributed by atoms with Crippen molar-refractivity contribution in [1.29, 1.82) is 0 Å². The minimum absolute atomic E-state index is 0.499. The Labute approximate surface area is 132 Å². The highest BCUT2D eigenvalue weighted by Gasteiger charge is 2.33. The molecule has 0 aliphatic carbocycles. The van der Waals surface area contributed by atoms with Gasteiger partial charge in [0, 0.05) is 28.0 Å². The van der Waals surface area contributed by atoms with Crippen molar-refractivity contribution in [2.24, 2.45) is 0 Å². The minimum Gasteiger partial charge on any atom is -0.309 e. The molecule has 0 spiro atoms. The number of rotatable bonds is 6. The fourth-order valence-corrected chi connectivity index (χ4v) is 6.13. The van der Waals surface area contributed by atoms with Crippen LogP contribution < -0.4 is 5.32 Å². The zero-order valence-corrected chi connectivity index (χ0v) is 14.5. The molecule has 1 aliphatic rings. The molecule has 1 aromatic carbocycles. The van der Waals surface area contributed by atoms with E-state index in [9.17, 15) is 0 Å². The van der Waals surface area contributed by atoms with Crippen molar-refractivity contribution in [1.82, 2.24) is 5.32 Å². The summed E-state index contributed by atoms with van der Waals surface area (Å²) in [5, 5.41) is 5.31. The quantitative estimate of drug-likeness (QED) is 0.820. The van der Waals surface area contributed by atoms with Crippen molar-refractivity contribution in [2.45, 2.75) is 50.2 Å². The van der Waals surface area contributed by atoms with Gasteiger partial charge in [-0.2, -0.15) is 23.5 Å². The maximum atomic E-state index is 3.83. The van der Waals surface area contributed by atoms with Crippen LogP contribution in [-0.2, 0) is 0 Å². The smallest absolute Gasteiger partial charge is 0.0454 e. The van der Waals surface area contributed by atoms with Gasteiger partial charge in [0.15, 0.2) is 0 Å². The van der Waals surface area contributed by atoms with Gasteiger partial charge in [0.05, 0.1) is 0 Å². The molecule has 0 bridgehead atoms. The fraction of sp³-hybridized carbons (Fsp3) is 0.647. The van der Waals surface area contributed by atoms with Gasteiger partial charge >= 0.3 is 0 Å². The monoisotopic (exact) mass is 309 g/mol. The Morgan fingerprint density at radius 1 is 1.20 bits per heavy atom. The van der Waals surface area contributed by atoms with E-state index in [4.69, 9.17) is 0 Å². The Bertz CT molecular complexity index is 408. The van der Waals surface area contributed by atoms with E-state index in [0.29, 0.717) is 11.3 Å². The topological polar surface area (TPSA) is 12.0 Å². The molecule has 112 valence electrons. The van der Waals surface area contributed by atoms with Crippen molar-refractivity contribution < 1.29 is 0 Å². The molecule has 0 amide bonds. The van der Waals surface area contributed by atoms with E-state index in [1.807, 2.05) is 0 Å². The highest BCUT2D eigenvalue weighted by Crippen LogP contribution is 2.40. The van der Waals surface area contributed by atoms with E-state index in [-0.39, 0.29) is 0 Å². The SMILES string of the molecule is CCCNC(c1ccccc1C)C1SCCSC1CC. The first kappa shape index (κ1) is 16.3. The van der Waals surface area contributed by atoms with Crippen molar-refractivity contribution >= 4 is 23.5 Å². The Morgan fingerprint density at radius 3 is 2.65 bits per heavy atom. The number of aryl methyl sites for hydroxylation is 1. The third kappa shape index (κ3) is 3.96. The number of benzene rings is 1. The summed E-state index contributed by atoms with van der Waals surface area (Å²) in [5.41, 5.74) is 2.92. The van der Waals surface area contributed by atoms with Crippen LogP contribution in [-0.4, -0.2) is 28.6 Å². The van der Waals surface area contributed by atoms with E-state index < -0.39 is 0 Å². The fourth-order valence-electron chi connectivity index (χ4n) is 2.89. The van der Waals surface area contributed by atoms with Gasteiger partial charge < -0.3 is 5.32 Å². The van der Waals surface area contributed by atoms with Crippen molar-refractivity contribution in [3.05, 3.63) is 35.4 Å². The highest BCUT2D eigenvalue weighted by atomic mass is 32.2. The van der Waals surface area contributed by atoms with Crippen LogP contribution >= 0.6 is 23.5 Å². The first-order valence-electron chi connectivity index (χ1n) is 7.80. The molecule has 3 unspecified atom stereocenters. The summed E-state index contributed by atoms with van der Waals surface area (Å²) in [6.45, 7) is 7.95. The van der Waals surface area contributed by atoms with E-state index in [1.54, 1.807) is 0 Å². The minimum atomic E-state index is 0.499. The summed E-state index contributed by atoms with van der Waals surface area (Å²) in [5.74, 6) is 2.61. The molecule has 1 aromatic rings. The average Bonchev–Trinajstić information content (AvgIpc) is 2.49. The van der Waals surface area contributed by atoms with Gasteiger partial charge in [-0.1, -0.05) is 38.1 Å². The van der Waals surface area contributed by atoms with Crippen LogP contribution in [0.4, 0.5) is 0 Å². The molecule has 0 saturated carbocycles. The summed E-state index contributed by atoms with van der Waals surface area (Å²) in [7, 11) is 0. The molecule has 3 heteroatoms. The molecular formula is C17H27NS2. The van der Waals surface area contributed by atoms with Crippen LogP contribution in [0.3, 0.4) is 0 Å². The van der Waals surface area contributed by atoms with Gasteiger partial charge in [-0.3, -0.25) is 0 Å². The lowest BCUT2D eigenvalue weighted by atomic mass is 9.96. The van der Waals surface area contributed by atoms with E-state index in [1.165, 1.54) is 35.5 Å². The number of hydrogen-bond donors (Lipinski definition) is 1. The lowest BCUT2D eigenvalue weighted by Crippen LogP contribution is -2.39. The summed E-state index contributed by atoms with van der Waals surface area (Å²) < 4.78 is 0. The Morgan fingerprint density at radius 2 is 1.95 bits per heavy atom. The van der Waals surface area contributed by atoms with Crippen LogP contribution in [0, 0.1) is 6.92 Å². The molecule has 2 rings (SSSR count). The van der Waals surface area contributed by atoms with Gasteiger partial charge in [-0.25, -0.2) is 0 Å². The first-order valence-corrected chi connectivity index (χ1v) is 9.89. The summed E-state index contributed by atoms with van der Waals surface area (Å²) in [4.78, 5) is 0. The number of thioether (sulfide) groups is 2. The van der Waals surface area contributed by atoms with Crippen LogP contribution in [0.5, 0.6) is 0 Å². The van der Waals surface area contributed by atoms with Gasteiger partial charge in [0.2, 0.25) is 0 Å². The lowest BCUT2D eigenvalue weighted by molar-refractivity contribution is 0.496. The standard InChI is InChI=1S/C17H27NS2/c1-4-10-18-16(14-9-7-6-8-13(14)3)17-15(5-2)19-11-12-20-17/h6-9,15-18H,4-5,10-12H2,1-3H3. The summed E-state index contributed by atoms with van der Waals surface area (Å²) in [6.07, 6.45) is 2.47. The molecule has 1 heterocycles. The predicted molar refractivity (Wildman–Crippen MR) is 95.0 cm³/mol. The van der Waals surface area contributed by atoms with E-state index in [0.717, 1.165) is 11.8 Å². The van der Waals surface area contributed by atoms with Crippen molar-refractivity contribution in [2.75, 3.05) is 18.1 Å². The molecular weight excluding hydrogens is 282 g/mol. The molecule has 1 nitrogen and oxygen atoms in total. The number of hydrogen-bond acceptors (Lipinski definition) is 3. The number of nitrogens with one attached hydrogen (secondary N) is 1. The summed E-state index contributed by atoms with van der Waals surface area (Å²) in [6, 6.07) is 9.39. The van der Waals surface area contributed by atoms with Gasteiger partial charge in [-0.15, -0.1) is 0 Å². The zero-order valence-electron chi connectivity index (χ0n) is 12.9. The molecule has 0 aromatic heterocycles. The van der Waals surface area contributed by atoms with Crippen molar-refractivity contribution in [3.63, 3.8) is 0 Å². The van der Waals surface area contributed by atoms with E-state index in [2.05, 4.69) is 73.9 Å². The zero-order chi connectivity index (χ0) is 14.4. The van der Waals surface area contributed by atoms with Crippen LogP contribution in [0.2, 0.25) is 0 Å². The van der Waals surface area contributed by atoms with E-state index >= 15 is 0 Å². The molecule has 3 atom stereocenters. The average molecular weight is 310 g/mol. The largest absolute Gasteiger partial charge is 0.309 e. The van der Waals surface area contributed by atoms with Crippen LogP contribution in [0.1, 0.15) is 43.9 Å². The van der Waals surface area contributed by atoms with Crippen LogP contribution in [0.15, 0.2) is 24.3 Å². The second-order valence-corrected chi connectivity index (χ2v) is 8.07. The van der Waals surface area contributed by atoms with Gasteiger partial charge in [0.25, 0.3) is 0 Å². The molecule has 1 fully saturated rings. The van der Waals surface area contributed by atoms with Crippen molar-refractivity contribution in [3.8, 4) is 0 Å². The molecule has 20 heavy (non-hydrogen) atoms. The molecule has 1 aliphatic heterocycles. The third-order valence-corrected chi connectivity index (χ3v) is 7.31. The first-order chi connectivity index (χ1) is 9.77. The maximum Gasteiger partial charge on any atom is 0.0454 e. The molecule has 1 N–H and O–H groups in total. The maximum absolute atomic E-state index is 3.83. The summed E-state index contributed by atoms with van der Waals surface area (Å²) >= 11 is 4.35. The Hall–Kier alpha value is -0.120. The molecule has 1 saturated heterocycles. The normalized spacial score (nSPS) is 24.6. The Kier molecular flexibility index (Phi) is 6.79. The predicted octanol–water partition coefficient (Wildman–Crippen LogP) is 4.66. The Balaban J connectivity index is 2.24. The van der Waals surface area contributed by atoms with Gasteiger partial charge in [-0.05, 0) is 37.4 Å². The highest BCUT2D eigenvalue weighted by molar-refractivity contribution is 8.07.